The van der Waals surface area contributed by atoms with E-state index in [0.717, 1.165) is 21.5 Å². The van der Waals surface area contributed by atoms with Crippen LogP contribution in [0.5, 0.6) is 11.5 Å². The first-order valence-electron chi connectivity index (χ1n) is 11.0. The highest BCUT2D eigenvalue weighted by Crippen LogP contribution is 2.29. The quantitative estimate of drug-likeness (QED) is 0.129. The maximum absolute atomic E-state index is 12.8. The van der Waals surface area contributed by atoms with Crippen molar-refractivity contribution in [2.45, 2.75) is 0 Å². The summed E-state index contributed by atoms with van der Waals surface area (Å²) in [5.41, 5.74) is 3.27. The summed E-state index contributed by atoms with van der Waals surface area (Å²) in [4.78, 5) is 25.5. The first kappa shape index (κ1) is 23.1. The summed E-state index contributed by atoms with van der Waals surface area (Å²) in [5.74, 6) is -1.09. The number of phenolic OH excluding ortho intramolecular Hbond substituents is 1. The number of carbonyl (C=O) groups is 2. The van der Waals surface area contributed by atoms with E-state index in [1.165, 1.54) is 12.3 Å². The Balaban J connectivity index is 1.45. The lowest BCUT2D eigenvalue weighted by atomic mass is 10.0. The van der Waals surface area contributed by atoms with Crippen LogP contribution < -0.4 is 10.2 Å². The number of hydrogen-bond acceptors (Lipinski definition) is 5. The van der Waals surface area contributed by atoms with E-state index < -0.39 is 11.9 Å². The van der Waals surface area contributed by atoms with E-state index in [1.54, 1.807) is 36.4 Å². The third kappa shape index (κ3) is 4.62. The smallest absolute Gasteiger partial charge is 0.345 e. The fraction of sp³-hybridized carbons (Fsp3) is 0. The maximum atomic E-state index is 12.8. The van der Waals surface area contributed by atoms with Crippen molar-refractivity contribution in [1.29, 1.82) is 0 Å². The first-order valence-corrected chi connectivity index (χ1v) is 11.4. The zero-order valence-corrected chi connectivity index (χ0v) is 19.6. The summed E-state index contributed by atoms with van der Waals surface area (Å²) in [7, 11) is 0. The molecule has 0 aromatic heterocycles. The Morgan fingerprint density at radius 2 is 1.47 bits per heavy atom. The molecule has 0 heterocycles. The second kappa shape index (κ2) is 9.90. The summed E-state index contributed by atoms with van der Waals surface area (Å²) in [6.45, 7) is 0. The van der Waals surface area contributed by atoms with Crippen LogP contribution in [0.2, 0.25) is 5.02 Å². The number of phenols is 1. The first-order chi connectivity index (χ1) is 17.5. The molecule has 0 aliphatic rings. The Morgan fingerprint density at radius 3 is 2.25 bits per heavy atom. The van der Waals surface area contributed by atoms with E-state index in [0.29, 0.717) is 5.56 Å². The summed E-state index contributed by atoms with van der Waals surface area (Å²) in [5, 5.41) is 18.0. The van der Waals surface area contributed by atoms with Crippen LogP contribution in [0.15, 0.2) is 102 Å². The number of amides is 1. The molecule has 0 radical (unpaired) electrons. The van der Waals surface area contributed by atoms with E-state index in [2.05, 4.69) is 10.5 Å². The topological polar surface area (TPSA) is 88.0 Å². The molecule has 0 aliphatic carbocycles. The second-order valence-corrected chi connectivity index (χ2v) is 8.39. The molecule has 0 saturated carbocycles. The molecule has 6 nitrogen and oxygen atoms in total. The minimum atomic E-state index is -0.615. The minimum Gasteiger partial charge on any atom is -0.507 e. The molecule has 5 aromatic rings. The van der Waals surface area contributed by atoms with Crippen LogP contribution in [0.3, 0.4) is 0 Å². The van der Waals surface area contributed by atoms with E-state index in [4.69, 9.17) is 16.3 Å². The molecule has 0 spiro atoms. The lowest BCUT2D eigenvalue weighted by Gasteiger charge is -2.11. The number of fused-ring (bicyclic) bond motifs is 2. The molecule has 0 atom stereocenters. The number of nitrogens with zero attached hydrogens (tertiary/aromatic N) is 1. The van der Waals surface area contributed by atoms with Crippen molar-refractivity contribution in [2.75, 3.05) is 0 Å². The number of benzene rings is 5. The van der Waals surface area contributed by atoms with Gasteiger partial charge in [-0.1, -0.05) is 78.3 Å². The molecule has 1 amide bonds. The highest BCUT2D eigenvalue weighted by molar-refractivity contribution is 6.33. The summed E-state index contributed by atoms with van der Waals surface area (Å²) in [6.07, 6.45) is 1.41. The minimum absolute atomic E-state index is 0.0918. The number of ether oxygens (including phenoxy) is 1. The Morgan fingerprint density at radius 1 is 0.806 bits per heavy atom. The van der Waals surface area contributed by atoms with Gasteiger partial charge in [0.25, 0.3) is 5.91 Å². The summed E-state index contributed by atoms with van der Waals surface area (Å²) >= 11 is 6.15. The monoisotopic (exact) mass is 494 g/mol. The molecule has 2 N–H and O–H groups in total. The van der Waals surface area contributed by atoms with E-state index >= 15 is 0 Å². The van der Waals surface area contributed by atoms with E-state index in [1.807, 2.05) is 54.6 Å². The van der Waals surface area contributed by atoms with Gasteiger partial charge in [0.1, 0.15) is 11.5 Å². The highest BCUT2D eigenvalue weighted by Gasteiger charge is 2.16. The average Bonchev–Trinajstić information content (AvgIpc) is 2.89. The third-order valence-corrected chi connectivity index (χ3v) is 6.03. The van der Waals surface area contributed by atoms with Crippen molar-refractivity contribution in [3.05, 3.63) is 119 Å². The highest BCUT2D eigenvalue weighted by atomic mass is 35.5. The Labute approximate surface area is 211 Å². The molecular weight excluding hydrogens is 476 g/mol. The van der Waals surface area contributed by atoms with Crippen LogP contribution in [-0.2, 0) is 0 Å². The predicted molar refractivity (Wildman–Crippen MR) is 141 cm³/mol. The Kier molecular flexibility index (Phi) is 6.34. The van der Waals surface area contributed by atoms with Crippen molar-refractivity contribution in [3.8, 4) is 11.5 Å². The van der Waals surface area contributed by atoms with Gasteiger partial charge in [-0.05, 0) is 51.9 Å². The van der Waals surface area contributed by atoms with Crippen molar-refractivity contribution in [3.63, 3.8) is 0 Å². The number of halogens is 1. The zero-order valence-electron chi connectivity index (χ0n) is 18.8. The molecular formula is C29H19ClN2O4. The molecule has 0 unspecified atom stereocenters. The van der Waals surface area contributed by atoms with Crippen LogP contribution in [0.25, 0.3) is 21.5 Å². The lowest BCUT2D eigenvalue weighted by molar-refractivity contribution is 0.0734. The predicted octanol–water partition coefficient (Wildman–Crippen LogP) is 6.34. The zero-order chi connectivity index (χ0) is 25.1. The molecule has 0 bridgehead atoms. The van der Waals surface area contributed by atoms with Crippen LogP contribution in [-0.4, -0.2) is 23.2 Å². The molecule has 36 heavy (non-hydrogen) atoms. The molecule has 0 saturated heterocycles. The molecule has 0 fully saturated rings. The molecule has 176 valence electrons. The number of rotatable bonds is 5. The largest absolute Gasteiger partial charge is 0.507 e. The second-order valence-electron chi connectivity index (χ2n) is 7.98. The number of nitrogens with one attached hydrogen (secondary N) is 1. The SMILES string of the molecule is O=C(N/N=C/c1c(OC(=O)c2ccccc2Cl)ccc2ccccc12)c1cc2ccccc2cc1O. The van der Waals surface area contributed by atoms with Gasteiger partial charge in [0.15, 0.2) is 0 Å². The normalized spacial score (nSPS) is 11.1. The standard InChI is InChI=1S/C29H19ClN2O4/c30-25-12-6-5-11-22(25)29(35)36-27-14-13-18-7-3-4-10-21(18)24(27)17-31-32-28(34)23-15-19-8-1-2-9-20(19)16-26(23)33/h1-17,33H,(H,32,34)/b31-17+. The number of hydrogen-bond donors (Lipinski definition) is 2. The Bertz CT molecular complexity index is 1660. The van der Waals surface area contributed by atoms with Crippen LogP contribution in [0.4, 0.5) is 0 Å². The van der Waals surface area contributed by atoms with E-state index in [-0.39, 0.29) is 27.6 Å². The number of carbonyl (C=O) groups excluding carboxylic acids is 2. The van der Waals surface area contributed by atoms with Crippen molar-refractivity contribution in [1.82, 2.24) is 5.43 Å². The van der Waals surface area contributed by atoms with Gasteiger partial charge in [-0.15, -0.1) is 0 Å². The van der Waals surface area contributed by atoms with Crippen LogP contribution >= 0.6 is 11.6 Å². The fourth-order valence-corrected chi connectivity index (χ4v) is 4.12. The fourth-order valence-electron chi connectivity index (χ4n) is 3.91. The van der Waals surface area contributed by atoms with E-state index in [9.17, 15) is 14.7 Å². The summed E-state index contributed by atoms with van der Waals surface area (Å²) in [6, 6.07) is 28.2. The van der Waals surface area contributed by atoms with Gasteiger partial charge in [0.2, 0.25) is 0 Å². The van der Waals surface area contributed by atoms with Crippen molar-refractivity contribution in [2.24, 2.45) is 5.10 Å². The number of aromatic hydroxyl groups is 1. The molecule has 5 aromatic carbocycles. The van der Waals surface area contributed by atoms with Crippen molar-refractivity contribution >= 4 is 51.2 Å². The molecule has 5 rings (SSSR count). The number of esters is 1. The van der Waals surface area contributed by atoms with Crippen molar-refractivity contribution < 1.29 is 19.4 Å². The molecule has 0 aliphatic heterocycles. The third-order valence-electron chi connectivity index (χ3n) is 5.70. The van der Waals surface area contributed by atoms with Crippen LogP contribution in [0.1, 0.15) is 26.3 Å². The maximum Gasteiger partial charge on any atom is 0.345 e. The van der Waals surface area contributed by atoms with Gasteiger partial charge in [-0.3, -0.25) is 4.79 Å². The van der Waals surface area contributed by atoms with Gasteiger partial charge < -0.3 is 9.84 Å². The van der Waals surface area contributed by atoms with Gasteiger partial charge in [0.05, 0.1) is 22.4 Å². The van der Waals surface area contributed by atoms with Crippen LogP contribution in [0, 0.1) is 0 Å². The van der Waals surface area contributed by atoms with Gasteiger partial charge in [-0.25, -0.2) is 10.2 Å². The summed E-state index contributed by atoms with van der Waals surface area (Å²) < 4.78 is 5.66. The van der Waals surface area contributed by atoms with Gasteiger partial charge in [0, 0.05) is 5.56 Å². The Hall–Kier alpha value is -4.68. The van der Waals surface area contributed by atoms with Gasteiger partial charge >= 0.3 is 5.97 Å². The molecule has 7 heteroatoms. The number of hydrazone groups is 1. The average molecular weight is 495 g/mol. The van der Waals surface area contributed by atoms with Gasteiger partial charge in [-0.2, -0.15) is 5.10 Å². The lowest BCUT2D eigenvalue weighted by Crippen LogP contribution is -2.18.